The van der Waals surface area contributed by atoms with Gasteiger partial charge in [0.25, 0.3) is 5.60 Å². The van der Waals surface area contributed by atoms with Crippen molar-refractivity contribution in [2.75, 3.05) is 5.32 Å². The largest absolute Gasteiger partial charge is 0.446 e. The SMILES string of the molecule is O=C(Nc1ccncc1)OC1CCC(c2ccc(C(OCc3c(F)cccc3F)(C(F)(F)F)C(F)(F)F)cc2)(S(=O)(=O)c2ccc(F)cc2)CC1. The van der Waals surface area contributed by atoms with Gasteiger partial charge in [-0.1, -0.05) is 30.3 Å². The quantitative estimate of drug-likeness (QED) is 0.136. The molecule has 0 unspecified atom stereocenters. The lowest BCUT2D eigenvalue weighted by Crippen LogP contribution is -2.56. The van der Waals surface area contributed by atoms with Gasteiger partial charge in [-0.05, 0) is 79.8 Å². The average molecular weight is 747 g/mol. The van der Waals surface area contributed by atoms with Crippen LogP contribution in [-0.2, 0) is 36.3 Å². The van der Waals surface area contributed by atoms with E-state index in [0.717, 1.165) is 42.5 Å². The maximum Gasteiger partial charge on any atom is 0.430 e. The maximum atomic E-state index is 14.5. The molecule has 4 aromatic rings. The summed E-state index contributed by atoms with van der Waals surface area (Å²) in [7, 11) is -4.54. The molecule has 1 fully saturated rings. The molecule has 5 rings (SSSR count). The number of hydrogen-bond acceptors (Lipinski definition) is 6. The molecule has 1 amide bonds. The zero-order chi connectivity index (χ0) is 37.2. The van der Waals surface area contributed by atoms with Crippen LogP contribution in [0, 0.1) is 17.5 Å². The number of sulfone groups is 1. The second-order valence-electron chi connectivity index (χ2n) is 11.7. The Morgan fingerprint density at radius 1 is 0.804 bits per heavy atom. The van der Waals surface area contributed by atoms with Crippen molar-refractivity contribution in [3.63, 3.8) is 0 Å². The number of benzene rings is 3. The Labute approximate surface area is 285 Å². The fourth-order valence-corrected chi connectivity index (χ4v) is 8.22. The number of amides is 1. The van der Waals surface area contributed by atoms with Gasteiger partial charge in [-0.3, -0.25) is 10.3 Å². The molecule has 1 aromatic heterocycles. The summed E-state index contributed by atoms with van der Waals surface area (Å²) in [4.78, 5) is 15.9. The zero-order valence-electron chi connectivity index (χ0n) is 26.1. The van der Waals surface area contributed by atoms with Crippen molar-refractivity contribution >= 4 is 21.6 Å². The summed E-state index contributed by atoms with van der Waals surface area (Å²) in [6.07, 6.45) is -12.1. The average Bonchev–Trinajstić information content (AvgIpc) is 3.06. The molecule has 272 valence electrons. The van der Waals surface area contributed by atoms with Gasteiger partial charge in [0.15, 0.2) is 9.84 Å². The van der Waals surface area contributed by atoms with Crippen LogP contribution in [-0.4, -0.2) is 38.0 Å². The number of hydrogen-bond donors (Lipinski definition) is 1. The smallest absolute Gasteiger partial charge is 0.430 e. The number of ether oxygens (including phenoxy) is 2. The van der Waals surface area contributed by atoms with Crippen LogP contribution in [0.15, 0.2) is 96.2 Å². The van der Waals surface area contributed by atoms with Gasteiger partial charge >= 0.3 is 18.4 Å². The molecule has 1 heterocycles. The number of rotatable bonds is 9. The Balaban J connectivity index is 1.52. The molecule has 1 N–H and O–H groups in total. The van der Waals surface area contributed by atoms with Crippen molar-refractivity contribution in [1.29, 1.82) is 0 Å². The van der Waals surface area contributed by atoms with Crippen LogP contribution in [0.1, 0.15) is 42.4 Å². The van der Waals surface area contributed by atoms with Gasteiger partial charge in [-0.15, -0.1) is 0 Å². The van der Waals surface area contributed by atoms with Gasteiger partial charge in [0.05, 0.1) is 11.5 Å². The highest BCUT2D eigenvalue weighted by molar-refractivity contribution is 7.92. The molecule has 0 aliphatic heterocycles. The number of anilines is 1. The lowest BCUT2D eigenvalue weighted by atomic mass is 9.80. The predicted molar refractivity (Wildman–Crippen MR) is 163 cm³/mol. The molecule has 0 spiro atoms. The van der Waals surface area contributed by atoms with Crippen LogP contribution >= 0.6 is 0 Å². The van der Waals surface area contributed by atoms with Crippen molar-refractivity contribution in [1.82, 2.24) is 4.98 Å². The second kappa shape index (κ2) is 14.2. The molecule has 0 radical (unpaired) electrons. The second-order valence-corrected chi connectivity index (χ2v) is 13.9. The number of alkyl halides is 6. The number of nitrogens with zero attached hydrogens (tertiary/aromatic N) is 1. The number of halogens is 9. The van der Waals surface area contributed by atoms with E-state index in [9.17, 15) is 52.7 Å². The van der Waals surface area contributed by atoms with E-state index >= 15 is 0 Å². The summed E-state index contributed by atoms with van der Waals surface area (Å²) in [6.45, 7) is -1.77. The van der Waals surface area contributed by atoms with E-state index in [0.29, 0.717) is 30.0 Å². The van der Waals surface area contributed by atoms with E-state index in [1.54, 1.807) is 0 Å². The van der Waals surface area contributed by atoms with E-state index < -0.39 is 79.9 Å². The van der Waals surface area contributed by atoms with Gasteiger partial charge in [0.1, 0.15) is 28.3 Å². The Kier molecular flexibility index (Phi) is 10.5. The summed E-state index contributed by atoms with van der Waals surface area (Å²) < 4.78 is 165. The van der Waals surface area contributed by atoms with Crippen molar-refractivity contribution in [2.45, 2.75) is 66.0 Å². The van der Waals surface area contributed by atoms with Crippen LogP contribution in [0.3, 0.4) is 0 Å². The van der Waals surface area contributed by atoms with Crippen molar-refractivity contribution in [2.24, 2.45) is 0 Å². The molecule has 51 heavy (non-hydrogen) atoms. The lowest BCUT2D eigenvalue weighted by Gasteiger charge is -2.40. The molecule has 7 nitrogen and oxygen atoms in total. The summed E-state index contributed by atoms with van der Waals surface area (Å²) >= 11 is 0. The Morgan fingerprint density at radius 2 is 1.35 bits per heavy atom. The first-order valence-corrected chi connectivity index (χ1v) is 16.6. The molecule has 1 saturated carbocycles. The van der Waals surface area contributed by atoms with E-state index in [1.165, 1.54) is 24.5 Å². The fraction of sp³-hybridized carbons (Fsp3) is 0.294. The Bertz CT molecular complexity index is 1910. The minimum atomic E-state index is -6.22. The third-order valence-corrected chi connectivity index (χ3v) is 11.3. The van der Waals surface area contributed by atoms with Gasteiger partial charge in [0, 0.05) is 29.2 Å². The van der Waals surface area contributed by atoms with Crippen molar-refractivity contribution in [3.05, 3.63) is 125 Å². The third kappa shape index (κ3) is 7.26. The molecule has 0 atom stereocenters. The first-order valence-electron chi connectivity index (χ1n) is 15.1. The number of carbonyl (C=O) groups is 1. The molecule has 0 bridgehead atoms. The van der Waals surface area contributed by atoms with Crippen molar-refractivity contribution in [3.8, 4) is 0 Å². The maximum absolute atomic E-state index is 14.5. The lowest BCUT2D eigenvalue weighted by molar-refractivity contribution is -0.392. The first-order chi connectivity index (χ1) is 23.9. The van der Waals surface area contributed by atoms with Gasteiger partial charge < -0.3 is 9.47 Å². The molecule has 1 aliphatic carbocycles. The monoisotopic (exact) mass is 746 g/mol. The molecule has 3 aromatic carbocycles. The highest BCUT2D eigenvalue weighted by atomic mass is 32.2. The minimum absolute atomic E-state index is 0.0989. The highest BCUT2D eigenvalue weighted by Gasteiger charge is 2.73. The van der Waals surface area contributed by atoms with Gasteiger partial charge in [-0.2, -0.15) is 26.3 Å². The first kappa shape index (κ1) is 37.6. The van der Waals surface area contributed by atoms with Crippen LogP contribution in [0.25, 0.3) is 0 Å². The number of aromatic nitrogens is 1. The molecular formula is C34H27F9N2O5S. The summed E-state index contributed by atoms with van der Waals surface area (Å²) in [5, 5.41) is 2.48. The number of nitrogens with one attached hydrogen (secondary N) is 1. The molecular weight excluding hydrogens is 719 g/mol. The Hall–Kier alpha value is -4.64. The molecule has 1 aliphatic rings. The summed E-state index contributed by atoms with van der Waals surface area (Å²) in [5.74, 6) is -3.65. The number of carbonyl (C=O) groups excluding carboxylic acids is 1. The van der Waals surface area contributed by atoms with Gasteiger partial charge in [0.2, 0.25) is 0 Å². The van der Waals surface area contributed by atoms with Crippen LogP contribution in [0.2, 0.25) is 0 Å². The van der Waals surface area contributed by atoms with Crippen LogP contribution in [0.4, 0.5) is 50.0 Å². The van der Waals surface area contributed by atoms with E-state index in [1.807, 2.05) is 0 Å². The highest BCUT2D eigenvalue weighted by Crippen LogP contribution is 2.54. The van der Waals surface area contributed by atoms with Crippen LogP contribution < -0.4 is 5.32 Å². The zero-order valence-corrected chi connectivity index (χ0v) is 26.9. The van der Waals surface area contributed by atoms with Gasteiger partial charge in [-0.25, -0.2) is 26.4 Å². The van der Waals surface area contributed by atoms with E-state index in [4.69, 9.17) is 4.74 Å². The third-order valence-electron chi connectivity index (χ3n) is 8.69. The van der Waals surface area contributed by atoms with Crippen molar-refractivity contribution < 1.29 is 62.2 Å². The van der Waals surface area contributed by atoms with Crippen LogP contribution in [0.5, 0.6) is 0 Å². The normalized spacial score (nSPS) is 18.6. The fourth-order valence-electron chi connectivity index (χ4n) is 6.06. The van der Waals surface area contributed by atoms with E-state index in [-0.39, 0.29) is 36.1 Å². The van der Waals surface area contributed by atoms with E-state index in [2.05, 4.69) is 15.0 Å². The molecule has 17 heteroatoms. The predicted octanol–water partition coefficient (Wildman–Crippen LogP) is 8.90. The summed E-state index contributed by atoms with van der Waals surface area (Å²) in [5.41, 5.74) is -7.67. The number of pyridine rings is 1. The standard InChI is InChI=1S/C34H27F9N2O5S/c35-23-8-10-26(11-9-23)51(47,48)31(16-12-25(13-17-31)50-30(46)45-24-14-18-44-19-15-24)21-4-6-22(7-5-21)32(33(38,39)40,34(41,42)43)49-20-27-28(36)2-1-3-29(27)37/h1-11,14-15,18-19,25H,12-13,16-17,20H2,(H,44,45,46). The minimum Gasteiger partial charge on any atom is -0.446 e. The topological polar surface area (TPSA) is 94.6 Å². The summed E-state index contributed by atoms with van der Waals surface area (Å²) in [6, 6.07) is 11.1. The molecule has 0 saturated heterocycles. The Morgan fingerprint density at radius 3 is 1.88 bits per heavy atom.